The fraction of sp³-hybridized carbons (Fsp3) is 0.240. The Kier molecular flexibility index (Phi) is 6.67. The van der Waals surface area contributed by atoms with Crippen LogP contribution in [0.25, 0.3) is 33.4 Å². The molecule has 1 N–H and O–H groups in total. The number of nitrogens with one attached hydrogen (secondary N) is 1. The number of pyridine rings is 1. The standard InChI is InChI=1S/C25H27BrN6/c1-31(2)14-13-27-24-23-21(17-5-9-19(26)10-6-17)15-22(30-25(23)29-16-28-24)18-7-11-20(12-8-18)32(3)4/h5-12,15-16H,13-14H2,1-4H3,(H,27,28,29,30). The van der Waals surface area contributed by atoms with Crippen molar-refractivity contribution in [2.24, 2.45) is 0 Å². The molecule has 6 nitrogen and oxygen atoms in total. The minimum Gasteiger partial charge on any atom is -0.378 e. The van der Waals surface area contributed by atoms with Crippen LogP contribution in [-0.4, -0.2) is 61.1 Å². The van der Waals surface area contributed by atoms with Gasteiger partial charge in [-0.1, -0.05) is 40.2 Å². The number of hydrogen-bond acceptors (Lipinski definition) is 6. The number of halogens is 1. The second-order valence-electron chi connectivity index (χ2n) is 8.15. The van der Waals surface area contributed by atoms with Crippen LogP contribution in [0.5, 0.6) is 0 Å². The van der Waals surface area contributed by atoms with Crippen molar-refractivity contribution in [2.75, 3.05) is 51.5 Å². The van der Waals surface area contributed by atoms with Gasteiger partial charge in [-0.2, -0.15) is 0 Å². The van der Waals surface area contributed by atoms with Gasteiger partial charge in [0.25, 0.3) is 0 Å². The highest BCUT2D eigenvalue weighted by atomic mass is 79.9. The lowest BCUT2D eigenvalue weighted by Crippen LogP contribution is -2.21. The Morgan fingerprint density at radius 2 is 1.56 bits per heavy atom. The molecular weight excluding hydrogens is 464 g/mol. The van der Waals surface area contributed by atoms with Gasteiger partial charge in [-0.15, -0.1) is 0 Å². The van der Waals surface area contributed by atoms with E-state index in [1.165, 1.54) is 0 Å². The quantitative estimate of drug-likeness (QED) is 0.386. The van der Waals surface area contributed by atoms with Crippen LogP contribution in [0.15, 0.2) is 65.4 Å². The maximum absolute atomic E-state index is 4.90. The summed E-state index contributed by atoms with van der Waals surface area (Å²) in [5, 5.41) is 4.40. The molecule has 0 aliphatic rings. The van der Waals surface area contributed by atoms with Gasteiger partial charge < -0.3 is 15.1 Å². The average Bonchev–Trinajstić information content (AvgIpc) is 2.79. The van der Waals surface area contributed by atoms with Crippen molar-refractivity contribution in [3.63, 3.8) is 0 Å². The Morgan fingerprint density at radius 1 is 0.875 bits per heavy atom. The average molecular weight is 491 g/mol. The first-order chi connectivity index (χ1) is 15.4. The monoisotopic (exact) mass is 490 g/mol. The van der Waals surface area contributed by atoms with Crippen LogP contribution in [0.2, 0.25) is 0 Å². The summed E-state index contributed by atoms with van der Waals surface area (Å²) < 4.78 is 1.04. The number of rotatable bonds is 7. The first-order valence-corrected chi connectivity index (χ1v) is 11.3. The highest BCUT2D eigenvalue weighted by molar-refractivity contribution is 9.10. The fourth-order valence-electron chi connectivity index (χ4n) is 3.53. The zero-order valence-corrected chi connectivity index (χ0v) is 20.4. The summed E-state index contributed by atoms with van der Waals surface area (Å²) in [5.74, 6) is 0.803. The maximum atomic E-state index is 4.90. The number of aromatic nitrogens is 3. The van der Waals surface area contributed by atoms with Gasteiger partial charge in [-0.3, -0.25) is 0 Å². The zero-order chi connectivity index (χ0) is 22.7. The van der Waals surface area contributed by atoms with Crippen molar-refractivity contribution in [1.82, 2.24) is 19.9 Å². The Hall–Kier alpha value is -3.03. The van der Waals surface area contributed by atoms with Crippen LogP contribution in [0.1, 0.15) is 0 Å². The molecule has 0 aliphatic heterocycles. The van der Waals surface area contributed by atoms with E-state index in [1.54, 1.807) is 6.33 Å². The van der Waals surface area contributed by atoms with E-state index in [0.29, 0.717) is 5.65 Å². The number of likely N-dealkylation sites (N-methyl/N-ethyl adjacent to an activating group) is 1. The normalized spacial score (nSPS) is 11.2. The van der Waals surface area contributed by atoms with Crippen LogP contribution in [0, 0.1) is 0 Å². The Labute approximate surface area is 197 Å². The van der Waals surface area contributed by atoms with Crippen LogP contribution < -0.4 is 10.2 Å². The van der Waals surface area contributed by atoms with Gasteiger partial charge in [0.05, 0.1) is 11.1 Å². The molecule has 0 radical (unpaired) electrons. The summed E-state index contributed by atoms with van der Waals surface area (Å²) in [5.41, 5.74) is 5.92. The second kappa shape index (κ2) is 9.63. The van der Waals surface area contributed by atoms with Gasteiger partial charge in [0.2, 0.25) is 0 Å². The van der Waals surface area contributed by atoms with Gasteiger partial charge in [-0.25, -0.2) is 15.0 Å². The summed E-state index contributed by atoms with van der Waals surface area (Å²) in [6, 6.07) is 18.9. The lowest BCUT2D eigenvalue weighted by Gasteiger charge is -2.16. The van der Waals surface area contributed by atoms with Crippen molar-refractivity contribution in [3.8, 4) is 22.4 Å². The summed E-state index contributed by atoms with van der Waals surface area (Å²) >= 11 is 3.54. The van der Waals surface area contributed by atoms with Gasteiger partial charge >= 0.3 is 0 Å². The highest BCUT2D eigenvalue weighted by Gasteiger charge is 2.15. The van der Waals surface area contributed by atoms with Crippen LogP contribution in [0.3, 0.4) is 0 Å². The van der Waals surface area contributed by atoms with Gasteiger partial charge in [-0.05, 0) is 55.6 Å². The third-order valence-electron chi connectivity index (χ3n) is 5.29. The van der Waals surface area contributed by atoms with Crippen LogP contribution in [-0.2, 0) is 0 Å². The van der Waals surface area contributed by atoms with E-state index in [1.807, 2.05) is 14.1 Å². The van der Waals surface area contributed by atoms with E-state index in [-0.39, 0.29) is 0 Å². The summed E-state index contributed by atoms with van der Waals surface area (Å²) in [6.07, 6.45) is 1.58. The number of fused-ring (bicyclic) bond motifs is 1. The van der Waals surface area contributed by atoms with Gasteiger partial charge in [0.15, 0.2) is 5.65 Å². The van der Waals surface area contributed by atoms with Crippen molar-refractivity contribution in [3.05, 3.63) is 65.4 Å². The van der Waals surface area contributed by atoms with E-state index in [4.69, 9.17) is 4.98 Å². The molecule has 4 rings (SSSR count). The molecule has 0 bridgehead atoms. The second-order valence-corrected chi connectivity index (χ2v) is 9.07. The molecule has 0 saturated carbocycles. The number of nitrogens with zero attached hydrogens (tertiary/aromatic N) is 5. The Bertz CT molecular complexity index is 1200. The predicted octanol–water partition coefficient (Wildman–Crippen LogP) is 5.16. The van der Waals surface area contributed by atoms with E-state index in [2.05, 4.69) is 110 Å². The Balaban J connectivity index is 1.86. The fourth-order valence-corrected chi connectivity index (χ4v) is 3.80. The lowest BCUT2D eigenvalue weighted by atomic mass is 9.99. The zero-order valence-electron chi connectivity index (χ0n) is 18.8. The molecule has 0 unspecified atom stereocenters. The molecule has 164 valence electrons. The molecule has 0 fully saturated rings. The summed E-state index contributed by atoms with van der Waals surface area (Å²) in [4.78, 5) is 18.2. The smallest absolute Gasteiger partial charge is 0.165 e. The predicted molar refractivity (Wildman–Crippen MR) is 137 cm³/mol. The molecular formula is C25H27BrN6. The summed E-state index contributed by atoms with van der Waals surface area (Å²) in [6.45, 7) is 1.69. The van der Waals surface area contributed by atoms with Crippen molar-refractivity contribution >= 4 is 38.5 Å². The third-order valence-corrected chi connectivity index (χ3v) is 5.82. The first-order valence-electron chi connectivity index (χ1n) is 10.5. The lowest BCUT2D eigenvalue weighted by molar-refractivity contribution is 0.425. The highest BCUT2D eigenvalue weighted by Crippen LogP contribution is 2.35. The van der Waals surface area contributed by atoms with Crippen LogP contribution >= 0.6 is 15.9 Å². The number of hydrogen-bond donors (Lipinski definition) is 1. The first kappa shape index (κ1) is 22.2. The van der Waals surface area contributed by atoms with Gasteiger partial charge in [0, 0.05) is 42.9 Å². The molecule has 0 saturated heterocycles. The summed E-state index contributed by atoms with van der Waals surface area (Å²) in [7, 11) is 8.19. The molecule has 0 spiro atoms. The Morgan fingerprint density at radius 3 is 2.22 bits per heavy atom. The minimum atomic E-state index is 0.680. The molecule has 7 heteroatoms. The number of anilines is 2. The van der Waals surface area contributed by atoms with E-state index < -0.39 is 0 Å². The molecule has 2 aromatic carbocycles. The van der Waals surface area contributed by atoms with Crippen molar-refractivity contribution < 1.29 is 0 Å². The SMILES string of the molecule is CN(C)CCNc1ncnc2nc(-c3ccc(N(C)C)cc3)cc(-c3ccc(Br)cc3)c12. The third kappa shape index (κ3) is 4.89. The molecule has 0 aliphatic carbocycles. The molecule has 0 atom stereocenters. The van der Waals surface area contributed by atoms with Crippen molar-refractivity contribution in [1.29, 1.82) is 0 Å². The van der Waals surface area contributed by atoms with E-state index in [0.717, 1.165) is 56.8 Å². The van der Waals surface area contributed by atoms with Gasteiger partial charge in [0.1, 0.15) is 12.1 Å². The molecule has 32 heavy (non-hydrogen) atoms. The molecule has 2 heterocycles. The molecule has 4 aromatic rings. The molecule has 2 aromatic heterocycles. The van der Waals surface area contributed by atoms with Crippen molar-refractivity contribution in [2.45, 2.75) is 0 Å². The molecule has 0 amide bonds. The largest absolute Gasteiger partial charge is 0.378 e. The topological polar surface area (TPSA) is 57.2 Å². The van der Waals surface area contributed by atoms with Crippen LogP contribution in [0.4, 0.5) is 11.5 Å². The minimum absolute atomic E-state index is 0.680. The van der Waals surface area contributed by atoms with E-state index in [9.17, 15) is 0 Å². The number of benzene rings is 2. The van der Waals surface area contributed by atoms with E-state index >= 15 is 0 Å². The maximum Gasteiger partial charge on any atom is 0.165 e.